The molecule has 4 heteroatoms. The zero-order valence-electron chi connectivity index (χ0n) is 12.2. The Hall–Kier alpha value is -1.87. The predicted octanol–water partition coefficient (Wildman–Crippen LogP) is 5.08. The van der Waals surface area contributed by atoms with Crippen molar-refractivity contribution in [1.29, 1.82) is 0 Å². The van der Waals surface area contributed by atoms with Crippen LogP contribution in [-0.4, -0.2) is 9.55 Å². The molecule has 0 aliphatic carbocycles. The molecule has 0 radical (unpaired) electrons. The maximum absolute atomic E-state index is 13.8. The van der Waals surface area contributed by atoms with Gasteiger partial charge < -0.3 is 0 Å². The molecular formula is C17H16ClFN2. The second-order valence-corrected chi connectivity index (χ2v) is 6.01. The van der Waals surface area contributed by atoms with E-state index < -0.39 is 0 Å². The monoisotopic (exact) mass is 302 g/mol. The fourth-order valence-corrected chi connectivity index (χ4v) is 2.83. The van der Waals surface area contributed by atoms with Gasteiger partial charge in [-0.2, -0.15) is 0 Å². The number of alkyl halides is 1. The van der Waals surface area contributed by atoms with Crippen molar-refractivity contribution in [2.24, 2.45) is 0 Å². The van der Waals surface area contributed by atoms with Gasteiger partial charge in [0.2, 0.25) is 0 Å². The molecule has 0 aliphatic heterocycles. The average molecular weight is 303 g/mol. The molecule has 0 saturated carbocycles. The van der Waals surface area contributed by atoms with Crippen molar-refractivity contribution in [3.63, 3.8) is 0 Å². The SMILES string of the molecule is Cc1cc(F)cc(-n2c(C(C)Cl)nc3cccc(C)c32)c1. The lowest BCUT2D eigenvalue weighted by Gasteiger charge is -2.12. The molecule has 2 nitrogen and oxygen atoms in total. The minimum absolute atomic E-state index is 0.256. The van der Waals surface area contributed by atoms with Crippen LogP contribution < -0.4 is 0 Å². The first-order chi connectivity index (χ1) is 9.97. The summed E-state index contributed by atoms with van der Waals surface area (Å²) in [6, 6.07) is 10.9. The Bertz CT molecular complexity index is 801. The minimum atomic E-state index is -0.264. The van der Waals surface area contributed by atoms with E-state index in [1.54, 1.807) is 0 Å². The van der Waals surface area contributed by atoms with Crippen molar-refractivity contribution in [3.8, 4) is 5.69 Å². The van der Waals surface area contributed by atoms with Gasteiger partial charge in [0.1, 0.15) is 11.6 Å². The van der Waals surface area contributed by atoms with Crippen LogP contribution in [0.15, 0.2) is 36.4 Å². The molecule has 0 bridgehead atoms. The highest BCUT2D eigenvalue weighted by atomic mass is 35.5. The standard InChI is InChI=1S/C17H16ClFN2/c1-10-7-13(19)9-14(8-10)21-16-11(2)5-4-6-15(16)20-17(21)12(3)18/h4-9,12H,1-3H3. The van der Waals surface area contributed by atoms with Crippen molar-refractivity contribution < 1.29 is 4.39 Å². The normalized spacial score (nSPS) is 12.8. The number of nitrogens with zero attached hydrogens (tertiary/aromatic N) is 2. The summed E-state index contributed by atoms with van der Waals surface area (Å²) >= 11 is 6.28. The molecule has 1 aromatic heterocycles. The molecule has 0 aliphatic rings. The van der Waals surface area contributed by atoms with Gasteiger partial charge in [0.05, 0.1) is 22.1 Å². The molecule has 0 N–H and O–H groups in total. The highest BCUT2D eigenvalue weighted by Crippen LogP contribution is 2.30. The van der Waals surface area contributed by atoms with Gasteiger partial charge in [-0.05, 0) is 56.2 Å². The topological polar surface area (TPSA) is 17.8 Å². The molecule has 108 valence electrons. The molecule has 1 heterocycles. The van der Waals surface area contributed by atoms with E-state index in [9.17, 15) is 4.39 Å². The summed E-state index contributed by atoms with van der Waals surface area (Å²) in [5, 5.41) is -0.264. The second kappa shape index (κ2) is 5.15. The van der Waals surface area contributed by atoms with Gasteiger partial charge in [0.25, 0.3) is 0 Å². The molecule has 3 rings (SSSR count). The number of halogens is 2. The van der Waals surface area contributed by atoms with E-state index in [0.717, 1.165) is 33.7 Å². The third-order valence-corrected chi connectivity index (χ3v) is 3.74. The Balaban J connectivity index is 2.41. The molecule has 21 heavy (non-hydrogen) atoms. The Morgan fingerprint density at radius 2 is 1.95 bits per heavy atom. The number of fused-ring (bicyclic) bond motifs is 1. The number of imidazole rings is 1. The summed E-state index contributed by atoms with van der Waals surface area (Å²) in [4.78, 5) is 4.62. The summed E-state index contributed by atoms with van der Waals surface area (Å²) in [5.41, 5.74) is 4.57. The van der Waals surface area contributed by atoms with Gasteiger partial charge in [-0.1, -0.05) is 12.1 Å². The van der Waals surface area contributed by atoms with Crippen molar-refractivity contribution in [1.82, 2.24) is 9.55 Å². The van der Waals surface area contributed by atoms with Crippen molar-refractivity contribution in [3.05, 3.63) is 59.2 Å². The number of hydrogen-bond donors (Lipinski definition) is 0. The summed E-state index contributed by atoms with van der Waals surface area (Å²) in [7, 11) is 0. The quantitative estimate of drug-likeness (QED) is 0.604. The number of aromatic nitrogens is 2. The van der Waals surface area contributed by atoms with Gasteiger partial charge in [0.15, 0.2) is 0 Å². The van der Waals surface area contributed by atoms with E-state index in [0.29, 0.717) is 0 Å². The maximum atomic E-state index is 13.8. The number of para-hydroxylation sites is 1. The zero-order valence-corrected chi connectivity index (χ0v) is 12.9. The van der Waals surface area contributed by atoms with Crippen LogP contribution in [0, 0.1) is 19.7 Å². The van der Waals surface area contributed by atoms with E-state index in [1.807, 2.05) is 49.6 Å². The van der Waals surface area contributed by atoms with Crippen LogP contribution >= 0.6 is 11.6 Å². The first kappa shape index (κ1) is 14.1. The Labute approximate surface area is 128 Å². The molecule has 0 saturated heterocycles. The molecule has 2 aromatic carbocycles. The molecule has 0 amide bonds. The highest BCUT2D eigenvalue weighted by Gasteiger charge is 2.18. The lowest BCUT2D eigenvalue weighted by molar-refractivity contribution is 0.625. The van der Waals surface area contributed by atoms with E-state index >= 15 is 0 Å². The number of aryl methyl sites for hydroxylation is 2. The number of hydrogen-bond acceptors (Lipinski definition) is 1. The Kier molecular flexibility index (Phi) is 3.46. The van der Waals surface area contributed by atoms with Crippen LogP contribution in [0.3, 0.4) is 0 Å². The van der Waals surface area contributed by atoms with Crippen LogP contribution in [0.2, 0.25) is 0 Å². The summed E-state index contributed by atoms with van der Waals surface area (Å²) in [6.45, 7) is 5.78. The Morgan fingerprint density at radius 3 is 2.62 bits per heavy atom. The van der Waals surface area contributed by atoms with Crippen molar-refractivity contribution >= 4 is 22.6 Å². The first-order valence-electron chi connectivity index (χ1n) is 6.87. The highest BCUT2D eigenvalue weighted by molar-refractivity contribution is 6.20. The zero-order chi connectivity index (χ0) is 15.1. The molecule has 0 fully saturated rings. The third kappa shape index (κ3) is 2.42. The molecule has 3 aromatic rings. The minimum Gasteiger partial charge on any atom is -0.295 e. The number of rotatable bonds is 2. The van der Waals surface area contributed by atoms with E-state index in [2.05, 4.69) is 4.98 Å². The van der Waals surface area contributed by atoms with E-state index in [-0.39, 0.29) is 11.2 Å². The molecule has 1 atom stereocenters. The molecule has 0 spiro atoms. The molecular weight excluding hydrogens is 287 g/mol. The fraction of sp³-hybridized carbons (Fsp3) is 0.235. The van der Waals surface area contributed by atoms with Crippen LogP contribution in [0.25, 0.3) is 16.7 Å². The number of benzene rings is 2. The maximum Gasteiger partial charge on any atom is 0.132 e. The van der Waals surface area contributed by atoms with E-state index in [1.165, 1.54) is 12.1 Å². The van der Waals surface area contributed by atoms with Gasteiger partial charge in [-0.3, -0.25) is 4.57 Å². The lowest BCUT2D eigenvalue weighted by Crippen LogP contribution is -2.03. The van der Waals surface area contributed by atoms with Gasteiger partial charge >= 0.3 is 0 Å². The van der Waals surface area contributed by atoms with Crippen molar-refractivity contribution in [2.75, 3.05) is 0 Å². The van der Waals surface area contributed by atoms with Gasteiger partial charge in [-0.15, -0.1) is 11.6 Å². The predicted molar refractivity (Wildman–Crippen MR) is 84.8 cm³/mol. The van der Waals surface area contributed by atoms with E-state index in [4.69, 9.17) is 11.6 Å². The van der Waals surface area contributed by atoms with Crippen LogP contribution in [0.1, 0.15) is 29.3 Å². The lowest BCUT2D eigenvalue weighted by atomic mass is 10.1. The van der Waals surface area contributed by atoms with Gasteiger partial charge in [-0.25, -0.2) is 9.37 Å². The largest absolute Gasteiger partial charge is 0.295 e. The first-order valence-corrected chi connectivity index (χ1v) is 7.30. The Morgan fingerprint density at radius 1 is 1.19 bits per heavy atom. The summed E-state index contributed by atoms with van der Waals surface area (Å²) < 4.78 is 15.7. The summed E-state index contributed by atoms with van der Waals surface area (Å²) in [6.07, 6.45) is 0. The van der Waals surface area contributed by atoms with Gasteiger partial charge in [0, 0.05) is 0 Å². The smallest absolute Gasteiger partial charge is 0.132 e. The van der Waals surface area contributed by atoms with Crippen molar-refractivity contribution in [2.45, 2.75) is 26.1 Å². The fourth-order valence-electron chi connectivity index (χ4n) is 2.69. The average Bonchev–Trinajstić information content (AvgIpc) is 2.78. The molecule has 1 unspecified atom stereocenters. The second-order valence-electron chi connectivity index (χ2n) is 5.35. The summed E-state index contributed by atoms with van der Waals surface area (Å²) in [5.74, 6) is 0.472. The van der Waals surface area contributed by atoms with Crippen LogP contribution in [0.4, 0.5) is 4.39 Å². The van der Waals surface area contributed by atoms with Crippen LogP contribution in [0.5, 0.6) is 0 Å². The van der Waals surface area contributed by atoms with Crippen LogP contribution in [-0.2, 0) is 0 Å². The third-order valence-electron chi connectivity index (χ3n) is 3.55.